The fourth-order valence-electron chi connectivity index (χ4n) is 0.940. The second-order valence-corrected chi connectivity index (χ2v) is 21.8. The fraction of sp³-hybridized carbons (Fsp3) is 1.00. The number of unbranched alkanes of at least 4 members (excludes halogenated alkanes) is 1. The molecule has 0 aliphatic carbocycles. The molecule has 0 rings (SSSR count). The SMILES string of the molecule is CC(CCCC[Si](Cl)(Cl)Cl)[Si](Cl)(Cl)Cl. The summed E-state index contributed by atoms with van der Waals surface area (Å²) in [5, 5.41) is 0. The highest BCUT2D eigenvalue weighted by Gasteiger charge is 2.32. The van der Waals surface area contributed by atoms with Crippen LogP contribution in [0, 0.1) is 0 Å². The van der Waals surface area contributed by atoms with Crippen LogP contribution in [0.1, 0.15) is 26.2 Å². The molecule has 0 spiro atoms. The van der Waals surface area contributed by atoms with Gasteiger partial charge in [-0.05, 0) is 18.0 Å². The maximum atomic E-state index is 5.85. The van der Waals surface area contributed by atoms with E-state index in [4.69, 9.17) is 66.5 Å². The lowest BCUT2D eigenvalue weighted by molar-refractivity contribution is 0.694. The maximum Gasteiger partial charge on any atom is 0.344 e. The molecule has 8 heteroatoms. The molecule has 0 aromatic carbocycles. The number of hydrogen-bond acceptors (Lipinski definition) is 0. The van der Waals surface area contributed by atoms with Crippen molar-refractivity contribution in [2.75, 3.05) is 0 Å². The van der Waals surface area contributed by atoms with E-state index in [0.29, 0.717) is 6.04 Å². The molecule has 14 heavy (non-hydrogen) atoms. The third-order valence-corrected chi connectivity index (χ3v) is 9.29. The Kier molecular flexibility index (Phi) is 7.86. The summed E-state index contributed by atoms with van der Waals surface area (Å²) >= 11 is 34.8. The lowest BCUT2D eigenvalue weighted by Gasteiger charge is -2.17. The Balaban J connectivity index is 3.56. The molecule has 1 unspecified atom stereocenters. The predicted octanol–water partition coefficient (Wildman–Crippen LogP) is 5.86. The van der Waals surface area contributed by atoms with Crippen LogP contribution in [0.25, 0.3) is 0 Å². The lowest BCUT2D eigenvalue weighted by atomic mass is 10.2. The normalized spacial score (nSPS) is 15.6. The van der Waals surface area contributed by atoms with Gasteiger partial charge in [0.15, 0.2) is 0 Å². The van der Waals surface area contributed by atoms with E-state index in [1.807, 2.05) is 6.92 Å². The quantitative estimate of drug-likeness (QED) is 0.319. The average Bonchev–Trinajstić information content (AvgIpc) is 1.93. The van der Waals surface area contributed by atoms with Crippen molar-refractivity contribution in [3.63, 3.8) is 0 Å². The highest BCUT2D eigenvalue weighted by atomic mass is 35.8. The standard InChI is InChI=1S/C6H12Cl6Si2/c1-6(14(10,11)12)4-2-3-5-13(7,8)9/h6H,2-5H2,1H3. The molecule has 86 valence electrons. The predicted molar refractivity (Wildman–Crippen MR) is 74.7 cm³/mol. The van der Waals surface area contributed by atoms with E-state index in [1.165, 1.54) is 0 Å². The van der Waals surface area contributed by atoms with E-state index >= 15 is 0 Å². The summed E-state index contributed by atoms with van der Waals surface area (Å²) in [5.74, 6) is 0. The minimum absolute atomic E-state index is 0.171. The van der Waals surface area contributed by atoms with Crippen LogP contribution in [-0.2, 0) is 0 Å². The summed E-state index contributed by atoms with van der Waals surface area (Å²) in [6.07, 6.45) is 2.77. The van der Waals surface area contributed by atoms with Gasteiger partial charge in [0, 0.05) is 0 Å². The molecule has 0 saturated carbocycles. The highest BCUT2D eigenvalue weighted by molar-refractivity contribution is 7.65. The van der Waals surface area contributed by atoms with Gasteiger partial charge >= 0.3 is 12.0 Å². The van der Waals surface area contributed by atoms with E-state index in [9.17, 15) is 0 Å². The zero-order chi connectivity index (χ0) is 11.4. The number of rotatable bonds is 6. The molecule has 0 bridgehead atoms. The summed E-state index contributed by atoms with van der Waals surface area (Å²) < 4.78 is 0. The van der Waals surface area contributed by atoms with Crippen LogP contribution in [0.15, 0.2) is 0 Å². The van der Waals surface area contributed by atoms with Crippen LogP contribution < -0.4 is 0 Å². The number of hydrogen-bond donors (Lipinski definition) is 0. The molecule has 0 aliphatic rings. The Morgan fingerprint density at radius 3 is 1.79 bits per heavy atom. The van der Waals surface area contributed by atoms with Gasteiger partial charge in [0.25, 0.3) is 0 Å². The molecule has 0 radical (unpaired) electrons. The van der Waals surface area contributed by atoms with Gasteiger partial charge in [-0.15, -0.1) is 66.5 Å². The maximum absolute atomic E-state index is 5.85. The second kappa shape index (κ2) is 6.80. The van der Waals surface area contributed by atoms with Crippen molar-refractivity contribution in [3.05, 3.63) is 0 Å². The first-order valence-electron chi connectivity index (χ1n) is 4.26. The minimum atomic E-state index is -2.53. The second-order valence-electron chi connectivity index (χ2n) is 3.30. The fourth-order valence-corrected chi connectivity index (χ4v) is 4.31. The minimum Gasteiger partial charge on any atom is -0.126 e. The lowest BCUT2D eigenvalue weighted by Crippen LogP contribution is -2.17. The third kappa shape index (κ3) is 9.40. The van der Waals surface area contributed by atoms with Crippen molar-refractivity contribution < 1.29 is 0 Å². The first-order valence-corrected chi connectivity index (χ1v) is 14.6. The monoisotopic (exact) mass is 350 g/mol. The molecule has 0 heterocycles. The summed E-state index contributed by atoms with van der Waals surface area (Å²) in [5.41, 5.74) is 0.171. The van der Waals surface area contributed by atoms with E-state index in [1.54, 1.807) is 0 Å². The van der Waals surface area contributed by atoms with Gasteiger partial charge in [-0.2, -0.15) is 0 Å². The first-order chi connectivity index (χ1) is 6.13. The molecular weight excluding hydrogens is 341 g/mol. The van der Waals surface area contributed by atoms with Crippen LogP contribution >= 0.6 is 66.5 Å². The Hall–Kier alpha value is 2.17. The van der Waals surface area contributed by atoms with E-state index in [0.717, 1.165) is 19.3 Å². The van der Waals surface area contributed by atoms with Crippen LogP contribution in [-0.4, -0.2) is 12.0 Å². The Morgan fingerprint density at radius 2 is 1.43 bits per heavy atom. The Morgan fingerprint density at radius 1 is 0.929 bits per heavy atom. The van der Waals surface area contributed by atoms with Gasteiger partial charge in [-0.1, -0.05) is 19.8 Å². The smallest absolute Gasteiger partial charge is 0.126 e. The molecule has 0 aromatic rings. The zero-order valence-corrected chi connectivity index (χ0v) is 14.2. The topological polar surface area (TPSA) is 0 Å². The van der Waals surface area contributed by atoms with Crippen molar-refractivity contribution in [1.82, 2.24) is 0 Å². The van der Waals surface area contributed by atoms with Crippen molar-refractivity contribution >= 4 is 78.5 Å². The Labute approximate surface area is 115 Å². The molecule has 0 amide bonds. The molecule has 0 fully saturated rings. The van der Waals surface area contributed by atoms with Crippen LogP contribution in [0.4, 0.5) is 0 Å². The Bertz CT molecular complexity index is 163. The molecule has 0 aliphatic heterocycles. The van der Waals surface area contributed by atoms with Crippen LogP contribution in [0.2, 0.25) is 11.6 Å². The summed E-state index contributed by atoms with van der Waals surface area (Å²) in [7, 11) is 0. The first kappa shape index (κ1) is 16.2. The van der Waals surface area contributed by atoms with Gasteiger partial charge in [0.1, 0.15) is 0 Å². The van der Waals surface area contributed by atoms with Gasteiger partial charge < -0.3 is 0 Å². The van der Waals surface area contributed by atoms with E-state index in [2.05, 4.69) is 0 Å². The highest BCUT2D eigenvalue weighted by Crippen LogP contribution is 2.37. The summed E-state index contributed by atoms with van der Waals surface area (Å²) in [6.45, 7) is 1.96. The van der Waals surface area contributed by atoms with Crippen molar-refractivity contribution in [2.45, 2.75) is 37.8 Å². The van der Waals surface area contributed by atoms with Gasteiger partial charge in [0.2, 0.25) is 0 Å². The van der Waals surface area contributed by atoms with E-state index < -0.39 is 12.0 Å². The molecule has 0 aromatic heterocycles. The molecule has 0 nitrogen and oxygen atoms in total. The summed E-state index contributed by atoms with van der Waals surface area (Å²) in [4.78, 5) is 0. The average molecular weight is 353 g/mol. The largest absolute Gasteiger partial charge is 0.344 e. The van der Waals surface area contributed by atoms with Crippen LogP contribution in [0.5, 0.6) is 0 Å². The third-order valence-electron chi connectivity index (χ3n) is 1.91. The van der Waals surface area contributed by atoms with E-state index in [-0.39, 0.29) is 5.54 Å². The molecule has 0 saturated heterocycles. The molecule has 0 N–H and O–H groups in total. The van der Waals surface area contributed by atoms with Gasteiger partial charge in [-0.3, -0.25) is 0 Å². The molecule has 1 atom stereocenters. The van der Waals surface area contributed by atoms with Crippen molar-refractivity contribution in [2.24, 2.45) is 0 Å². The molecular formula is C6H12Cl6Si2. The summed E-state index contributed by atoms with van der Waals surface area (Å²) in [6, 6.07) is -4.29. The van der Waals surface area contributed by atoms with Gasteiger partial charge in [-0.25, -0.2) is 0 Å². The van der Waals surface area contributed by atoms with Gasteiger partial charge in [0.05, 0.1) is 0 Å². The number of halogens is 6. The van der Waals surface area contributed by atoms with Crippen molar-refractivity contribution in [1.29, 1.82) is 0 Å². The van der Waals surface area contributed by atoms with Crippen molar-refractivity contribution in [3.8, 4) is 0 Å². The zero-order valence-electron chi connectivity index (χ0n) is 7.67. The van der Waals surface area contributed by atoms with Crippen LogP contribution in [0.3, 0.4) is 0 Å².